The molecule has 4 atom stereocenters. The summed E-state index contributed by atoms with van der Waals surface area (Å²) < 4.78 is 0. The molecule has 1 aromatic carbocycles. The number of nitroso groups, excluding NO2 is 1. The minimum absolute atomic E-state index is 0.00200. The lowest BCUT2D eigenvalue weighted by molar-refractivity contribution is -0.134. The lowest BCUT2D eigenvalue weighted by Crippen LogP contribution is -2.62. The Kier molecular flexibility index (Phi) is 6.58. The third-order valence-corrected chi connectivity index (χ3v) is 8.50. The number of pyridine rings is 1. The summed E-state index contributed by atoms with van der Waals surface area (Å²) in [6, 6.07) is 4.15. The molecule has 1 aromatic heterocycles. The molecule has 12 nitrogen and oxygen atoms in total. The first kappa shape index (κ1) is 28.1. The van der Waals surface area contributed by atoms with Crippen LogP contribution in [-0.4, -0.2) is 82.5 Å². The first-order chi connectivity index (χ1) is 19.2. The molecular formula is C29H31N5O7. The van der Waals surface area contributed by atoms with Gasteiger partial charge in [0, 0.05) is 54.3 Å². The van der Waals surface area contributed by atoms with Crippen LogP contribution in [0.15, 0.2) is 52.2 Å². The summed E-state index contributed by atoms with van der Waals surface area (Å²) in [6.07, 6.45) is 1.75. The van der Waals surface area contributed by atoms with Crippen LogP contribution < -0.4 is 10.6 Å². The van der Waals surface area contributed by atoms with Crippen LogP contribution in [0.1, 0.15) is 28.0 Å². The number of ketones is 2. The van der Waals surface area contributed by atoms with Gasteiger partial charge in [-0.3, -0.25) is 24.3 Å². The van der Waals surface area contributed by atoms with Gasteiger partial charge in [-0.15, -0.1) is 4.91 Å². The summed E-state index contributed by atoms with van der Waals surface area (Å²) in [7, 11) is 6.71. The van der Waals surface area contributed by atoms with Crippen LogP contribution in [0.2, 0.25) is 0 Å². The molecule has 214 valence electrons. The second-order valence-corrected chi connectivity index (χ2v) is 11.3. The van der Waals surface area contributed by atoms with E-state index < -0.39 is 58.0 Å². The molecule has 0 fully saturated rings. The molecule has 0 radical (unpaired) electrons. The molecule has 2 aromatic rings. The van der Waals surface area contributed by atoms with Crippen molar-refractivity contribution >= 4 is 23.2 Å². The SMILES string of the molecule is Cc1ccc(-c2cc(N(C)C)c3c(c2O)C(=O)C2=C(N=O)[C@]4(O)C(O)=C(C(N)=O)C(=O)[C@@H](N(C)C)[C@@H]4C[C@@H]2C3)cn1. The van der Waals surface area contributed by atoms with Crippen molar-refractivity contribution in [2.45, 2.75) is 31.4 Å². The fourth-order valence-electron chi connectivity index (χ4n) is 6.66. The number of carbonyl (C=O) groups excluding carboxylic acids is 3. The van der Waals surface area contributed by atoms with Crippen molar-refractivity contribution in [3.8, 4) is 16.9 Å². The van der Waals surface area contributed by atoms with Crippen LogP contribution in [0.4, 0.5) is 5.69 Å². The number of hydrogen-bond acceptors (Lipinski definition) is 11. The summed E-state index contributed by atoms with van der Waals surface area (Å²) in [5.74, 6) is -6.06. The Bertz CT molecular complexity index is 1590. The Morgan fingerprint density at radius 3 is 2.39 bits per heavy atom. The Morgan fingerprint density at radius 1 is 1.17 bits per heavy atom. The van der Waals surface area contributed by atoms with Crippen LogP contribution in [-0.2, 0) is 16.0 Å². The highest BCUT2D eigenvalue weighted by atomic mass is 16.3. The minimum Gasteiger partial charge on any atom is -0.508 e. The Labute approximate surface area is 235 Å². The molecule has 0 saturated heterocycles. The van der Waals surface area contributed by atoms with Crippen molar-refractivity contribution < 1.29 is 29.7 Å². The number of anilines is 1. The quantitative estimate of drug-likeness (QED) is 0.309. The number of amides is 1. The number of rotatable bonds is 5. The molecule has 0 aliphatic heterocycles. The van der Waals surface area contributed by atoms with Gasteiger partial charge in [0.15, 0.2) is 17.2 Å². The summed E-state index contributed by atoms with van der Waals surface area (Å²) >= 11 is 0. The summed E-state index contributed by atoms with van der Waals surface area (Å²) in [5.41, 5.74) is 3.84. The normalized spacial score (nSPS) is 25.6. The van der Waals surface area contributed by atoms with Crippen LogP contribution in [0.3, 0.4) is 0 Å². The average molecular weight is 562 g/mol. The molecule has 0 unspecified atom stereocenters. The molecule has 0 spiro atoms. The number of Topliss-reactive ketones (excluding diaryl/α,β-unsaturated/α-hetero) is 2. The molecule has 12 heteroatoms. The van der Waals surface area contributed by atoms with Crippen molar-refractivity contribution in [2.75, 3.05) is 33.1 Å². The highest BCUT2D eigenvalue weighted by Crippen LogP contribution is 2.55. The molecule has 3 aliphatic rings. The molecule has 5 N–H and O–H groups in total. The number of hydrogen-bond donors (Lipinski definition) is 4. The number of carbonyl (C=O) groups is 3. The van der Waals surface area contributed by atoms with Crippen molar-refractivity contribution in [3.05, 3.63) is 68.7 Å². The highest BCUT2D eigenvalue weighted by molar-refractivity contribution is 6.22. The Morgan fingerprint density at radius 2 is 1.85 bits per heavy atom. The molecule has 0 saturated carbocycles. The third kappa shape index (κ3) is 3.89. The van der Waals surface area contributed by atoms with Gasteiger partial charge in [-0.05, 0) is 62.7 Å². The molecule has 0 bridgehead atoms. The largest absolute Gasteiger partial charge is 0.508 e. The second-order valence-electron chi connectivity index (χ2n) is 11.3. The van der Waals surface area contributed by atoms with Crippen molar-refractivity contribution in [1.82, 2.24) is 9.88 Å². The van der Waals surface area contributed by atoms with E-state index in [0.29, 0.717) is 22.4 Å². The van der Waals surface area contributed by atoms with Gasteiger partial charge in [0.1, 0.15) is 22.8 Å². The number of nitrogens with zero attached hydrogens (tertiary/aromatic N) is 4. The molecule has 1 heterocycles. The van der Waals surface area contributed by atoms with E-state index in [1.807, 2.05) is 11.8 Å². The highest BCUT2D eigenvalue weighted by Gasteiger charge is 2.62. The third-order valence-electron chi connectivity index (χ3n) is 8.50. The molecule has 3 aliphatic carbocycles. The molecule has 5 rings (SSSR count). The zero-order chi connectivity index (χ0) is 30.1. The fourth-order valence-corrected chi connectivity index (χ4v) is 6.66. The number of fused-ring (bicyclic) bond motifs is 3. The smallest absolute Gasteiger partial charge is 0.255 e. The lowest BCUT2D eigenvalue weighted by atomic mass is 9.58. The maximum Gasteiger partial charge on any atom is 0.255 e. The van der Waals surface area contributed by atoms with Crippen molar-refractivity contribution in [2.24, 2.45) is 22.7 Å². The van der Waals surface area contributed by atoms with Gasteiger partial charge in [-0.1, -0.05) is 6.07 Å². The minimum atomic E-state index is -2.63. The van der Waals surface area contributed by atoms with Gasteiger partial charge in [-0.25, -0.2) is 0 Å². The average Bonchev–Trinajstić information content (AvgIpc) is 2.89. The van der Waals surface area contributed by atoms with E-state index in [2.05, 4.69) is 10.2 Å². The van der Waals surface area contributed by atoms with Crippen molar-refractivity contribution in [3.63, 3.8) is 0 Å². The van der Waals surface area contributed by atoms with E-state index in [0.717, 1.165) is 5.69 Å². The number of aromatic nitrogens is 1. The Hall–Kier alpha value is -4.42. The van der Waals surface area contributed by atoms with Crippen LogP contribution >= 0.6 is 0 Å². The number of benzene rings is 1. The van der Waals surface area contributed by atoms with Crippen LogP contribution in [0.25, 0.3) is 11.1 Å². The first-order valence-electron chi connectivity index (χ1n) is 13.0. The Balaban J connectivity index is 1.81. The number of aliphatic hydroxyl groups excluding tert-OH is 1. The second kappa shape index (κ2) is 9.60. The number of nitrogens with two attached hydrogens (primary N) is 1. The van der Waals surface area contributed by atoms with E-state index in [-0.39, 0.29) is 29.7 Å². The molecular weight excluding hydrogens is 530 g/mol. The summed E-state index contributed by atoms with van der Waals surface area (Å²) in [4.78, 5) is 59.8. The van der Waals surface area contributed by atoms with Crippen LogP contribution in [0, 0.1) is 23.7 Å². The first-order valence-corrected chi connectivity index (χ1v) is 13.0. The van der Waals surface area contributed by atoms with Gasteiger partial charge >= 0.3 is 0 Å². The van der Waals surface area contributed by atoms with Gasteiger partial charge < -0.3 is 26.0 Å². The molecule has 41 heavy (non-hydrogen) atoms. The maximum absolute atomic E-state index is 14.2. The zero-order valence-electron chi connectivity index (χ0n) is 23.3. The number of aliphatic hydroxyl groups is 2. The van der Waals surface area contributed by atoms with E-state index in [9.17, 15) is 34.6 Å². The number of aryl methyl sites for hydroxylation is 1. The lowest BCUT2D eigenvalue weighted by Gasteiger charge is -2.50. The topological polar surface area (TPSA) is 187 Å². The van der Waals surface area contributed by atoms with E-state index in [1.165, 1.54) is 4.90 Å². The number of aromatic hydroxyl groups is 1. The van der Waals surface area contributed by atoms with E-state index in [1.54, 1.807) is 52.6 Å². The van der Waals surface area contributed by atoms with E-state index >= 15 is 0 Å². The number of likely N-dealkylation sites (N-methyl/N-ethyl adjacent to an activating group) is 1. The fraction of sp³-hybridized carbons (Fsp3) is 0.379. The predicted molar refractivity (Wildman–Crippen MR) is 149 cm³/mol. The van der Waals surface area contributed by atoms with Crippen LogP contribution in [0.5, 0.6) is 5.75 Å². The van der Waals surface area contributed by atoms with Gasteiger partial charge in [0.2, 0.25) is 0 Å². The zero-order valence-corrected chi connectivity index (χ0v) is 23.3. The number of phenols is 1. The molecule has 1 amide bonds. The summed E-state index contributed by atoms with van der Waals surface area (Å²) in [6.45, 7) is 1.82. The standard InChI is InChI=1S/C29H31N5O7/c1-12-6-7-13(11-31-12)15-10-18(33(2)3)16-8-14-9-17-22(34(4)5)25(37)21(28(30)39)27(38)29(17,40)26(32-41)19(14)24(36)20(16)23(15)35/h6-7,10-11,14,17,22,35,38,40H,8-9H2,1-5H3,(H2,30,39)/t14-,17-,22-,29-/m0/s1. The van der Waals surface area contributed by atoms with Gasteiger partial charge in [-0.2, -0.15) is 0 Å². The van der Waals surface area contributed by atoms with Crippen molar-refractivity contribution in [1.29, 1.82) is 0 Å². The number of allylic oxidation sites excluding steroid dienone is 1. The number of primary amides is 1. The van der Waals surface area contributed by atoms with Gasteiger partial charge in [0.25, 0.3) is 5.91 Å². The summed E-state index contributed by atoms with van der Waals surface area (Å²) in [5, 5.41) is 37.6. The predicted octanol–water partition coefficient (Wildman–Crippen LogP) is 1.77. The number of phenolic OH excluding ortho intramolecular Hbond substituents is 1. The van der Waals surface area contributed by atoms with E-state index in [4.69, 9.17) is 5.73 Å². The monoisotopic (exact) mass is 561 g/mol. The van der Waals surface area contributed by atoms with Gasteiger partial charge in [0.05, 0.1) is 11.6 Å². The maximum atomic E-state index is 14.2.